The highest BCUT2D eigenvalue weighted by Gasteiger charge is 2.51. The summed E-state index contributed by atoms with van der Waals surface area (Å²) < 4.78 is 65.8. The number of nitrogens with one attached hydrogen (secondary N) is 2. The van der Waals surface area contributed by atoms with Gasteiger partial charge in [0.05, 0.1) is 23.4 Å². The molecule has 2 fully saturated rings. The van der Waals surface area contributed by atoms with Crippen molar-refractivity contribution in [2.24, 2.45) is 0 Å². The van der Waals surface area contributed by atoms with Gasteiger partial charge in [-0.2, -0.15) is 18.3 Å². The van der Waals surface area contributed by atoms with Crippen molar-refractivity contribution in [1.29, 1.82) is 0 Å². The number of alkyl halides is 3. The summed E-state index contributed by atoms with van der Waals surface area (Å²) in [6, 6.07) is 9.01. The Kier molecular flexibility index (Phi) is 8.42. The van der Waals surface area contributed by atoms with E-state index in [2.05, 4.69) is 25.9 Å². The standard InChI is InChI=1S/C26H28ClF3N6O6/c1-25(2,3)42-24(38)35-34-17-18(37)20(40-16-11-39-23(41-19(16)17)13-7-5-4-6-8-13)22-32-12-33-36(22)15-9-14(27)10-31-21(15)26(28,29)30/h4-10,12,16-20,23,34,37H,11H2,1-3H3,(H,35,38)/t16?,17?,18?,19-,20+,23?/m0/s1. The number of carbonyl (C=O) groups is 1. The van der Waals surface area contributed by atoms with Crippen molar-refractivity contribution < 1.29 is 42.0 Å². The van der Waals surface area contributed by atoms with Gasteiger partial charge in [0.25, 0.3) is 0 Å². The molecule has 226 valence electrons. The van der Waals surface area contributed by atoms with E-state index in [9.17, 15) is 23.1 Å². The maximum atomic E-state index is 13.8. The Balaban J connectivity index is 1.48. The lowest BCUT2D eigenvalue weighted by Gasteiger charge is -2.48. The second kappa shape index (κ2) is 11.7. The number of halogens is 4. The Morgan fingerprint density at radius 3 is 2.60 bits per heavy atom. The minimum absolute atomic E-state index is 0.0152. The highest BCUT2D eigenvalue weighted by atomic mass is 35.5. The fourth-order valence-corrected chi connectivity index (χ4v) is 4.83. The topological polar surface area (TPSA) is 142 Å². The van der Waals surface area contributed by atoms with Gasteiger partial charge in [-0.3, -0.25) is 5.43 Å². The van der Waals surface area contributed by atoms with Crippen molar-refractivity contribution in [3.8, 4) is 5.69 Å². The van der Waals surface area contributed by atoms with Gasteiger partial charge in [-0.25, -0.2) is 24.9 Å². The largest absolute Gasteiger partial charge is 0.443 e. The van der Waals surface area contributed by atoms with Crippen LogP contribution in [-0.4, -0.2) is 67.5 Å². The summed E-state index contributed by atoms with van der Waals surface area (Å²) in [5, 5.41) is 15.4. The predicted octanol–water partition coefficient (Wildman–Crippen LogP) is 3.65. The van der Waals surface area contributed by atoms with E-state index in [1.165, 1.54) is 0 Å². The van der Waals surface area contributed by atoms with Gasteiger partial charge >= 0.3 is 12.3 Å². The molecule has 4 unspecified atom stereocenters. The van der Waals surface area contributed by atoms with Crippen molar-refractivity contribution in [2.45, 2.75) is 69.3 Å². The number of amides is 1. The lowest BCUT2D eigenvalue weighted by molar-refractivity contribution is -0.313. The van der Waals surface area contributed by atoms with Crippen molar-refractivity contribution >= 4 is 17.7 Å². The number of aliphatic hydroxyl groups is 1. The summed E-state index contributed by atoms with van der Waals surface area (Å²) in [5.74, 6) is -0.176. The lowest BCUT2D eigenvalue weighted by Crippen LogP contribution is -2.66. The molecule has 0 bridgehead atoms. The number of hydrogen-bond acceptors (Lipinski definition) is 10. The number of nitrogens with zero attached hydrogens (tertiary/aromatic N) is 4. The summed E-state index contributed by atoms with van der Waals surface area (Å²) in [6.07, 6.45) is -9.24. The first-order valence-electron chi connectivity index (χ1n) is 12.8. The van der Waals surface area contributed by atoms with Crippen molar-refractivity contribution in [3.63, 3.8) is 0 Å². The summed E-state index contributed by atoms with van der Waals surface area (Å²) in [5.41, 5.74) is 3.28. The molecule has 2 aliphatic heterocycles. The van der Waals surface area contributed by atoms with Gasteiger partial charge in [0, 0.05) is 11.8 Å². The number of aliphatic hydroxyl groups excluding tert-OH is 1. The van der Waals surface area contributed by atoms with Gasteiger partial charge in [-0.15, -0.1) is 0 Å². The monoisotopic (exact) mass is 612 g/mol. The molecule has 0 radical (unpaired) electrons. The average molecular weight is 613 g/mol. The van der Waals surface area contributed by atoms with Gasteiger partial charge in [-0.1, -0.05) is 41.9 Å². The summed E-state index contributed by atoms with van der Waals surface area (Å²) in [7, 11) is 0. The van der Waals surface area contributed by atoms with Crippen molar-refractivity contribution in [2.75, 3.05) is 6.61 Å². The first kappa shape index (κ1) is 30.1. The highest BCUT2D eigenvalue weighted by Crippen LogP contribution is 2.40. The molecule has 0 spiro atoms. The molecular formula is C26H28ClF3N6O6. The van der Waals surface area contributed by atoms with E-state index in [0.29, 0.717) is 5.56 Å². The molecule has 5 rings (SSSR count). The molecule has 0 saturated carbocycles. The van der Waals surface area contributed by atoms with Crippen LogP contribution in [0.1, 0.15) is 50.2 Å². The molecule has 42 heavy (non-hydrogen) atoms. The number of carbonyl (C=O) groups excluding carboxylic acids is 1. The molecule has 2 aromatic heterocycles. The van der Waals surface area contributed by atoms with Crippen LogP contribution in [0.5, 0.6) is 0 Å². The van der Waals surface area contributed by atoms with Crippen molar-refractivity contribution in [3.05, 3.63) is 71.0 Å². The van der Waals surface area contributed by atoms with Crippen LogP contribution in [-0.2, 0) is 25.1 Å². The zero-order chi connectivity index (χ0) is 30.2. The first-order valence-corrected chi connectivity index (χ1v) is 13.2. The quantitative estimate of drug-likeness (QED) is 0.366. The molecular weight excluding hydrogens is 585 g/mol. The maximum Gasteiger partial charge on any atom is 0.435 e. The fraction of sp³-hybridized carbons (Fsp3) is 0.462. The molecule has 1 aromatic carbocycles. The number of fused-ring (bicyclic) bond motifs is 1. The molecule has 6 atom stereocenters. The molecule has 2 saturated heterocycles. The average Bonchev–Trinajstić information content (AvgIpc) is 3.40. The van der Waals surface area contributed by atoms with Crippen LogP contribution in [0, 0.1) is 0 Å². The van der Waals surface area contributed by atoms with Gasteiger partial charge in [0.15, 0.2) is 17.8 Å². The summed E-state index contributed by atoms with van der Waals surface area (Å²) >= 11 is 5.98. The Bertz CT molecular complexity index is 1410. The Morgan fingerprint density at radius 2 is 1.90 bits per heavy atom. The molecule has 0 aliphatic carbocycles. The van der Waals surface area contributed by atoms with Gasteiger partial charge in [0.1, 0.15) is 36.3 Å². The van der Waals surface area contributed by atoms with E-state index in [0.717, 1.165) is 23.3 Å². The van der Waals surface area contributed by atoms with Gasteiger partial charge in [-0.05, 0) is 26.8 Å². The van der Waals surface area contributed by atoms with Crippen molar-refractivity contribution in [1.82, 2.24) is 30.6 Å². The fourth-order valence-electron chi connectivity index (χ4n) is 4.68. The summed E-state index contributed by atoms with van der Waals surface area (Å²) in [6.45, 7) is 5.03. The van der Waals surface area contributed by atoms with E-state index in [1.807, 2.05) is 18.2 Å². The zero-order valence-electron chi connectivity index (χ0n) is 22.6. The van der Waals surface area contributed by atoms with Gasteiger partial charge in [0.2, 0.25) is 0 Å². The summed E-state index contributed by atoms with van der Waals surface area (Å²) in [4.78, 5) is 20.0. The third-order valence-corrected chi connectivity index (χ3v) is 6.59. The normalized spacial score (nSPS) is 26.4. The number of rotatable bonds is 5. The Hall–Kier alpha value is -3.34. The number of benzene rings is 1. The smallest absolute Gasteiger partial charge is 0.435 e. The molecule has 4 heterocycles. The molecule has 3 N–H and O–H groups in total. The van der Waals surface area contributed by atoms with Crippen LogP contribution in [0.4, 0.5) is 18.0 Å². The molecule has 1 amide bonds. The van der Waals surface area contributed by atoms with E-state index < -0.39 is 66.0 Å². The SMILES string of the molecule is CC(C)(C)OC(=O)NNC1C(O)[C@H](c2ncnn2-c2cc(Cl)cnc2C(F)(F)F)OC2COC(c3ccccc3)O[C@@H]21. The van der Waals surface area contributed by atoms with E-state index in [4.69, 9.17) is 30.5 Å². The minimum Gasteiger partial charge on any atom is -0.443 e. The van der Waals surface area contributed by atoms with Crippen LogP contribution in [0.2, 0.25) is 5.02 Å². The number of hydrogen-bond donors (Lipinski definition) is 3. The van der Waals surface area contributed by atoms with Gasteiger partial charge < -0.3 is 24.1 Å². The van der Waals surface area contributed by atoms with Crippen LogP contribution < -0.4 is 10.9 Å². The van der Waals surface area contributed by atoms with Crippen LogP contribution >= 0.6 is 11.6 Å². The number of hydrazine groups is 1. The lowest BCUT2D eigenvalue weighted by atomic mass is 9.91. The highest BCUT2D eigenvalue weighted by molar-refractivity contribution is 6.30. The van der Waals surface area contributed by atoms with Crippen LogP contribution in [0.15, 0.2) is 48.9 Å². The number of ether oxygens (including phenoxy) is 4. The second-order valence-corrected chi connectivity index (χ2v) is 11.0. The Labute approximate surface area is 243 Å². The maximum absolute atomic E-state index is 13.8. The predicted molar refractivity (Wildman–Crippen MR) is 139 cm³/mol. The van der Waals surface area contributed by atoms with E-state index in [-0.39, 0.29) is 17.5 Å². The minimum atomic E-state index is -4.85. The second-order valence-electron chi connectivity index (χ2n) is 10.6. The molecule has 2 aliphatic rings. The van der Waals surface area contributed by atoms with Crippen LogP contribution in [0.3, 0.4) is 0 Å². The van der Waals surface area contributed by atoms with E-state index >= 15 is 0 Å². The Morgan fingerprint density at radius 1 is 1.17 bits per heavy atom. The zero-order valence-corrected chi connectivity index (χ0v) is 23.3. The molecule has 16 heteroatoms. The molecule has 3 aromatic rings. The van der Waals surface area contributed by atoms with E-state index in [1.54, 1.807) is 32.9 Å². The van der Waals surface area contributed by atoms with Crippen LogP contribution in [0.25, 0.3) is 5.69 Å². The third-order valence-electron chi connectivity index (χ3n) is 6.38. The first-order chi connectivity index (χ1) is 19.8. The number of aromatic nitrogens is 4. The third kappa shape index (κ3) is 6.50. The number of pyridine rings is 1. The molecule has 12 nitrogen and oxygen atoms in total.